The van der Waals surface area contributed by atoms with Gasteiger partial charge in [-0.1, -0.05) is 55.4 Å². The lowest BCUT2D eigenvalue weighted by Gasteiger charge is -2.44. The average molecular weight is 537 g/mol. The third-order valence-corrected chi connectivity index (χ3v) is 18.1. The number of aliphatic hydroxyl groups is 1. The second kappa shape index (κ2) is 11.0. The number of methoxy groups -OCH3 is 1. The minimum Gasteiger partial charge on any atom is -0.543 e. The Morgan fingerprint density at radius 2 is 1.36 bits per heavy atom. The largest absolute Gasteiger partial charge is 0.543 e. The van der Waals surface area contributed by atoms with Crippen molar-refractivity contribution < 1.29 is 18.7 Å². The van der Waals surface area contributed by atoms with Gasteiger partial charge in [0.2, 0.25) is 0 Å². The Balaban J connectivity index is 2.92. The number of fused-ring (bicyclic) bond motifs is 1. The molecule has 6 heteroatoms. The standard InChI is InChI=1S/C30H56O4Si2/c1-20(16-15-19-31)23-18-17-21(2)24-25(23)26(33-35(11,12)29(4,5)6)22(3)27(32-10)28(24)34-36(13,14)30(7,8)9/h20-21,23,31H,15-19H2,1-14H3/t20-,21-,23+/m0/s1. The number of hydrogen-bond acceptors (Lipinski definition) is 4. The first-order chi connectivity index (χ1) is 16.3. The molecule has 4 nitrogen and oxygen atoms in total. The van der Waals surface area contributed by atoms with Gasteiger partial charge in [-0.3, -0.25) is 0 Å². The van der Waals surface area contributed by atoms with Crippen molar-refractivity contribution in [2.45, 2.75) is 136 Å². The minimum atomic E-state index is -2.11. The Morgan fingerprint density at radius 1 is 0.861 bits per heavy atom. The molecule has 0 aromatic heterocycles. The zero-order chi connectivity index (χ0) is 27.9. The van der Waals surface area contributed by atoms with E-state index >= 15 is 0 Å². The van der Waals surface area contributed by atoms with Crippen LogP contribution in [0, 0.1) is 12.8 Å². The highest BCUT2D eigenvalue weighted by Crippen LogP contribution is 2.58. The minimum absolute atomic E-state index is 0.0842. The molecular formula is C30H56O4Si2. The maximum atomic E-state index is 9.56. The quantitative estimate of drug-likeness (QED) is 0.320. The van der Waals surface area contributed by atoms with Crippen LogP contribution in [0.25, 0.3) is 0 Å². The molecule has 1 aliphatic rings. The van der Waals surface area contributed by atoms with Gasteiger partial charge in [0.1, 0.15) is 5.75 Å². The summed E-state index contributed by atoms with van der Waals surface area (Å²) in [7, 11) is -2.44. The van der Waals surface area contributed by atoms with E-state index in [4.69, 9.17) is 13.6 Å². The maximum Gasteiger partial charge on any atom is 0.250 e. The molecule has 1 aromatic rings. The van der Waals surface area contributed by atoms with Gasteiger partial charge in [0, 0.05) is 23.3 Å². The Kier molecular flexibility index (Phi) is 9.56. The van der Waals surface area contributed by atoms with E-state index in [9.17, 15) is 5.11 Å². The molecule has 1 aliphatic carbocycles. The van der Waals surface area contributed by atoms with Gasteiger partial charge in [-0.15, -0.1) is 0 Å². The highest BCUT2D eigenvalue weighted by molar-refractivity contribution is 6.75. The summed E-state index contributed by atoms with van der Waals surface area (Å²) in [5.74, 6) is 4.07. The average Bonchev–Trinajstić information content (AvgIpc) is 2.73. The van der Waals surface area contributed by atoms with Gasteiger partial charge < -0.3 is 18.7 Å². The van der Waals surface area contributed by atoms with E-state index in [1.807, 2.05) is 0 Å². The summed E-state index contributed by atoms with van der Waals surface area (Å²) >= 11 is 0. The zero-order valence-corrected chi connectivity index (χ0v) is 27.9. The van der Waals surface area contributed by atoms with E-state index < -0.39 is 16.6 Å². The predicted molar refractivity (Wildman–Crippen MR) is 159 cm³/mol. The first-order valence-electron chi connectivity index (χ1n) is 14.0. The number of benzene rings is 1. The first kappa shape index (κ1) is 31.2. The summed E-state index contributed by atoms with van der Waals surface area (Å²) in [6.07, 6.45) is 4.11. The topological polar surface area (TPSA) is 47.9 Å². The van der Waals surface area contributed by atoms with Crippen molar-refractivity contribution in [1.29, 1.82) is 0 Å². The lowest BCUT2D eigenvalue weighted by molar-refractivity contribution is 0.260. The fraction of sp³-hybridized carbons (Fsp3) is 0.800. The van der Waals surface area contributed by atoms with E-state index in [0.717, 1.165) is 48.5 Å². The van der Waals surface area contributed by atoms with Crippen LogP contribution in [0.15, 0.2) is 0 Å². The van der Waals surface area contributed by atoms with Crippen molar-refractivity contribution in [3.05, 3.63) is 16.7 Å². The molecule has 0 saturated carbocycles. The Labute approximate surface area is 224 Å². The molecule has 0 spiro atoms. The van der Waals surface area contributed by atoms with Crippen LogP contribution in [0.3, 0.4) is 0 Å². The molecule has 1 N–H and O–H groups in total. The normalized spacial score (nSPS) is 20.1. The molecule has 0 saturated heterocycles. The molecule has 0 amide bonds. The van der Waals surface area contributed by atoms with Crippen molar-refractivity contribution in [2.24, 2.45) is 5.92 Å². The summed E-state index contributed by atoms with van der Waals surface area (Å²) in [5, 5.41) is 9.73. The number of ether oxygens (including phenoxy) is 1. The van der Waals surface area contributed by atoms with Crippen LogP contribution in [0.5, 0.6) is 17.2 Å². The summed E-state index contributed by atoms with van der Waals surface area (Å²) in [4.78, 5) is 0. The molecule has 0 fully saturated rings. The molecule has 208 valence electrons. The lowest BCUT2D eigenvalue weighted by atomic mass is 9.70. The SMILES string of the molecule is COc1c(C)c(O[Si](C)(C)C(C)(C)C)c2c(c1O[Si](C)(C)C(C)(C)C)[C@@H](C)CC[C@@H]2[C@@H](C)CCCO. The third-order valence-electron chi connectivity index (χ3n) is 9.48. The van der Waals surface area contributed by atoms with Gasteiger partial charge in [-0.2, -0.15) is 0 Å². The summed E-state index contributed by atoms with van der Waals surface area (Å²) in [5.41, 5.74) is 3.74. The molecule has 0 heterocycles. The van der Waals surface area contributed by atoms with E-state index in [1.165, 1.54) is 11.1 Å². The number of aliphatic hydroxyl groups excluding tert-OH is 1. The Bertz CT molecular complexity index is 909. The van der Waals surface area contributed by atoms with E-state index in [1.54, 1.807) is 7.11 Å². The highest BCUT2D eigenvalue weighted by Gasteiger charge is 2.45. The first-order valence-corrected chi connectivity index (χ1v) is 19.9. The van der Waals surface area contributed by atoms with Crippen LogP contribution in [-0.4, -0.2) is 35.5 Å². The molecule has 2 rings (SSSR count). The summed E-state index contributed by atoms with van der Waals surface area (Å²) in [6.45, 7) is 30.2. The van der Waals surface area contributed by atoms with Crippen molar-refractivity contribution in [1.82, 2.24) is 0 Å². The van der Waals surface area contributed by atoms with E-state index in [0.29, 0.717) is 17.8 Å². The molecule has 3 atom stereocenters. The van der Waals surface area contributed by atoms with Gasteiger partial charge in [-0.05, 0) is 86.6 Å². The maximum absolute atomic E-state index is 9.56. The molecule has 0 bridgehead atoms. The third kappa shape index (κ3) is 6.18. The van der Waals surface area contributed by atoms with Gasteiger partial charge in [0.25, 0.3) is 16.6 Å². The molecule has 0 radical (unpaired) electrons. The van der Waals surface area contributed by atoms with Crippen LogP contribution >= 0.6 is 0 Å². The van der Waals surface area contributed by atoms with Crippen LogP contribution in [-0.2, 0) is 0 Å². The Hall–Kier alpha value is -0.986. The molecule has 0 unspecified atom stereocenters. The fourth-order valence-electron chi connectivity index (χ4n) is 4.90. The van der Waals surface area contributed by atoms with Crippen molar-refractivity contribution >= 4 is 16.6 Å². The zero-order valence-electron chi connectivity index (χ0n) is 25.9. The van der Waals surface area contributed by atoms with Crippen LogP contribution in [0.4, 0.5) is 0 Å². The van der Waals surface area contributed by atoms with Crippen molar-refractivity contribution in [3.63, 3.8) is 0 Å². The number of rotatable bonds is 9. The molecular weight excluding hydrogens is 480 g/mol. The highest BCUT2D eigenvalue weighted by atomic mass is 28.4. The molecule has 1 aromatic carbocycles. The molecule has 36 heavy (non-hydrogen) atoms. The Morgan fingerprint density at radius 3 is 1.81 bits per heavy atom. The van der Waals surface area contributed by atoms with Crippen LogP contribution in [0.2, 0.25) is 36.3 Å². The van der Waals surface area contributed by atoms with Gasteiger partial charge in [0.05, 0.1) is 7.11 Å². The van der Waals surface area contributed by atoms with E-state index in [2.05, 4.69) is 88.5 Å². The van der Waals surface area contributed by atoms with Crippen LogP contribution in [0.1, 0.15) is 110 Å². The fourth-order valence-corrected chi connectivity index (χ4v) is 7.00. The predicted octanol–water partition coefficient (Wildman–Crippen LogP) is 9.16. The summed E-state index contributed by atoms with van der Waals surface area (Å²) in [6, 6.07) is 0. The second-order valence-corrected chi connectivity index (χ2v) is 23.7. The van der Waals surface area contributed by atoms with Gasteiger partial charge in [0.15, 0.2) is 11.5 Å². The van der Waals surface area contributed by atoms with E-state index in [-0.39, 0.29) is 16.7 Å². The van der Waals surface area contributed by atoms with Gasteiger partial charge >= 0.3 is 0 Å². The van der Waals surface area contributed by atoms with Gasteiger partial charge in [-0.25, -0.2) is 0 Å². The molecule has 0 aliphatic heterocycles. The van der Waals surface area contributed by atoms with Crippen molar-refractivity contribution in [3.8, 4) is 17.2 Å². The van der Waals surface area contributed by atoms with Crippen LogP contribution < -0.4 is 13.6 Å². The monoisotopic (exact) mass is 536 g/mol. The summed E-state index contributed by atoms with van der Waals surface area (Å²) < 4.78 is 20.5. The van der Waals surface area contributed by atoms with Crippen molar-refractivity contribution in [2.75, 3.05) is 13.7 Å². The second-order valence-electron chi connectivity index (χ2n) is 14.3. The number of hydrogen-bond donors (Lipinski definition) is 1. The lowest BCUT2D eigenvalue weighted by Crippen LogP contribution is -2.45. The smallest absolute Gasteiger partial charge is 0.250 e.